The van der Waals surface area contributed by atoms with E-state index in [4.69, 9.17) is 0 Å². The molecular weight excluding hydrogens is 453 g/mol. The number of thiophene rings is 1. The van der Waals surface area contributed by atoms with Gasteiger partial charge in [0.25, 0.3) is 10.0 Å². The van der Waals surface area contributed by atoms with Crippen LogP contribution >= 0.6 is 11.3 Å². The smallest absolute Gasteiger partial charge is 0.271 e. The third-order valence-corrected chi connectivity index (χ3v) is 8.42. The lowest BCUT2D eigenvalue weighted by Crippen LogP contribution is -2.22. The van der Waals surface area contributed by atoms with Gasteiger partial charge in [0.2, 0.25) is 5.91 Å². The van der Waals surface area contributed by atoms with E-state index in [1.807, 2.05) is 4.57 Å². The van der Waals surface area contributed by atoms with Crippen molar-refractivity contribution in [3.8, 4) is 11.4 Å². The summed E-state index contributed by atoms with van der Waals surface area (Å²) in [6, 6.07) is 7.00. The molecule has 4 rings (SSSR count). The van der Waals surface area contributed by atoms with Gasteiger partial charge in [-0.1, -0.05) is 6.42 Å². The molecule has 0 radical (unpaired) electrons. The first kappa shape index (κ1) is 22.4. The van der Waals surface area contributed by atoms with Crippen molar-refractivity contribution in [1.29, 1.82) is 0 Å². The Bertz CT molecular complexity index is 1250. The largest absolute Gasteiger partial charge is 0.349 e. The van der Waals surface area contributed by atoms with E-state index in [1.54, 1.807) is 19.1 Å². The number of amides is 1. The zero-order valence-electron chi connectivity index (χ0n) is 17.8. The number of rotatable bonds is 6. The molecule has 3 heterocycles. The van der Waals surface area contributed by atoms with Crippen LogP contribution in [0.15, 0.2) is 34.5 Å². The predicted molar refractivity (Wildman–Crippen MR) is 120 cm³/mol. The monoisotopic (exact) mass is 477 g/mol. The van der Waals surface area contributed by atoms with Crippen LogP contribution in [0.2, 0.25) is 0 Å². The minimum absolute atomic E-state index is 0.0332. The minimum Gasteiger partial charge on any atom is -0.349 e. The Balaban J connectivity index is 1.61. The second-order valence-electron chi connectivity index (χ2n) is 7.78. The highest BCUT2D eigenvalue weighted by Crippen LogP contribution is 2.31. The van der Waals surface area contributed by atoms with Gasteiger partial charge in [0, 0.05) is 30.3 Å². The fraction of sp³-hybridized carbons (Fsp3) is 0.381. The number of fused-ring (bicyclic) bond motifs is 1. The number of hydrogen-bond acceptors (Lipinski definition) is 6. The molecule has 32 heavy (non-hydrogen) atoms. The summed E-state index contributed by atoms with van der Waals surface area (Å²) in [5.74, 6) is 0.600. The van der Waals surface area contributed by atoms with Crippen molar-refractivity contribution < 1.29 is 17.6 Å². The molecule has 0 fully saturated rings. The Morgan fingerprint density at radius 1 is 1.19 bits per heavy atom. The van der Waals surface area contributed by atoms with Crippen LogP contribution in [0.4, 0.5) is 10.1 Å². The molecular formula is C21H24FN5O3S2. The third-order valence-electron chi connectivity index (χ3n) is 5.29. The number of hydrogen-bond donors (Lipinski definition) is 2. The molecule has 0 saturated carbocycles. The van der Waals surface area contributed by atoms with E-state index in [0.717, 1.165) is 49.4 Å². The Hall–Kier alpha value is -2.79. The number of aromatic nitrogens is 3. The average molecular weight is 478 g/mol. The van der Waals surface area contributed by atoms with Gasteiger partial charge in [0.05, 0.1) is 11.7 Å². The molecule has 8 nitrogen and oxygen atoms in total. The topological polar surface area (TPSA) is 106 Å². The number of carbonyl (C=O) groups excluding carboxylic acids is 1. The van der Waals surface area contributed by atoms with Crippen LogP contribution in [0, 0.1) is 5.82 Å². The number of nitrogens with zero attached hydrogens (tertiary/aromatic N) is 3. The third kappa shape index (κ3) is 4.68. The van der Waals surface area contributed by atoms with Gasteiger partial charge in [-0.2, -0.15) is 0 Å². The summed E-state index contributed by atoms with van der Waals surface area (Å²) in [5, 5.41) is 11.2. The van der Waals surface area contributed by atoms with E-state index in [0.29, 0.717) is 16.3 Å². The second kappa shape index (κ2) is 8.99. The Morgan fingerprint density at radius 2 is 2.00 bits per heavy atom. The Kier molecular flexibility index (Phi) is 6.29. The molecule has 0 aliphatic carbocycles. The van der Waals surface area contributed by atoms with Gasteiger partial charge in [-0.3, -0.25) is 9.52 Å². The molecule has 1 unspecified atom stereocenters. The number of carbonyl (C=O) groups is 1. The quantitative estimate of drug-likeness (QED) is 0.561. The van der Waals surface area contributed by atoms with Gasteiger partial charge >= 0.3 is 0 Å². The summed E-state index contributed by atoms with van der Waals surface area (Å²) in [5.41, 5.74) is 0.439. The lowest BCUT2D eigenvalue weighted by molar-refractivity contribution is -0.119. The van der Waals surface area contributed by atoms with Gasteiger partial charge in [-0.15, -0.1) is 21.5 Å². The van der Waals surface area contributed by atoms with Gasteiger partial charge in [0.15, 0.2) is 5.82 Å². The van der Waals surface area contributed by atoms with E-state index in [-0.39, 0.29) is 21.8 Å². The Morgan fingerprint density at radius 3 is 2.78 bits per heavy atom. The highest BCUT2D eigenvalue weighted by molar-refractivity contribution is 7.94. The van der Waals surface area contributed by atoms with Crippen LogP contribution in [0.5, 0.6) is 0 Å². The number of anilines is 1. The van der Waals surface area contributed by atoms with Crippen molar-refractivity contribution in [1.82, 2.24) is 20.1 Å². The summed E-state index contributed by atoms with van der Waals surface area (Å²) in [6.07, 6.45) is 4.01. The fourth-order valence-electron chi connectivity index (χ4n) is 3.72. The Labute approximate surface area is 189 Å². The number of aryl methyl sites for hydroxylation is 1. The fourth-order valence-corrected chi connectivity index (χ4v) is 6.11. The van der Waals surface area contributed by atoms with Crippen molar-refractivity contribution >= 4 is 33.0 Å². The first-order valence-electron chi connectivity index (χ1n) is 10.4. The van der Waals surface area contributed by atoms with Gasteiger partial charge in [-0.05, 0) is 50.1 Å². The highest BCUT2D eigenvalue weighted by Gasteiger charge is 2.22. The van der Waals surface area contributed by atoms with Crippen LogP contribution in [-0.2, 0) is 27.8 Å². The zero-order valence-corrected chi connectivity index (χ0v) is 19.4. The SMILES string of the molecule is CC(=O)NC(C)c1ccc(S(=O)(=O)Nc2cc(-c3nnc4n3CCCCC4)ccc2F)s1. The lowest BCUT2D eigenvalue weighted by Gasteiger charge is -2.11. The maximum absolute atomic E-state index is 14.5. The summed E-state index contributed by atoms with van der Waals surface area (Å²) in [4.78, 5) is 11.9. The molecule has 1 atom stereocenters. The number of sulfonamides is 1. The van der Waals surface area contributed by atoms with Crippen LogP contribution < -0.4 is 10.0 Å². The first-order chi connectivity index (χ1) is 15.2. The molecule has 0 spiro atoms. The van der Waals surface area contributed by atoms with Gasteiger partial charge in [0.1, 0.15) is 15.9 Å². The first-order valence-corrected chi connectivity index (χ1v) is 12.7. The number of nitrogens with one attached hydrogen (secondary N) is 2. The average Bonchev–Trinajstić information content (AvgIpc) is 3.32. The predicted octanol–water partition coefficient (Wildman–Crippen LogP) is 3.87. The van der Waals surface area contributed by atoms with Crippen molar-refractivity contribution in [3.63, 3.8) is 0 Å². The van der Waals surface area contributed by atoms with E-state index < -0.39 is 15.8 Å². The van der Waals surface area contributed by atoms with Crippen LogP contribution in [0.1, 0.15) is 49.9 Å². The molecule has 1 aliphatic heterocycles. The number of benzene rings is 1. The van der Waals surface area contributed by atoms with Crippen LogP contribution in [-0.4, -0.2) is 29.1 Å². The molecule has 2 N–H and O–H groups in total. The summed E-state index contributed by atoms with van der Waals surface area (Å²) >= 11 is 1.02. The molecule has 11 heteroatoms. The zero-order chi connectivity index (χ0) is 22.9. The molecule has 1 aromatic carbocycles. The molecule has 1 amide bonds. The standard InChI is InChI=1S/C21H24FN5O3S2/c1-13(23-14(2)28)18-9-10-20(31-18)32(29,30)26-17-12-15(7-8-16(17)22)21-25-24-19-6-4-3-5-11-27(19)21/h7-10,12-13,26H,3-6,11H2,1-2H3,(H,23,28). The molecule has 0 saturated heterocycles. The number of halogens is 1. The maximum atomic E-state index is 14.5. The van der Waals surface area contributed by atoms with Crippen molar-refractivity contribution in [2.75, 3.05) is 4.72 Å². The van der Waals surface area contributed by atoms with E-state index in [2.05, 4.69) is 20.2 Å². The molecule has 170 valence electrons. The van der Waals surface area contributed by atoms with E-state index in [1.165, 1.54) is 25.1 Å². The van der Waals surface area contributed by atoms with Crippen molar-refractivity contribution in [3.05, 3.63) is 46.9 Å². The molecule has 2 aromatic heterocycles. The summed E-state index contributed by atoms with van der Waals surface area (Å²) in [6.45, 7) is 3.94. The summed E-state index contributed by atoms with van der Waals surface area (Å²) < 4.78 is 44.7. The van der Waals surface area contributed by atoms with Gasteiger partial charge in [-0.25, -0.2) is 12.8 Å². The minimum atomic E-state index is -4.01. The molecule has 3 aromatic rings. The van der Waals surface area contributed by atoms with Crippen LogP contribution in [0.25, 0.3) is 11.4 Å². The van der Waals surface area contributed by atoms with E-state index >= 15 is 0 Å². The molecule has 1 aliphatic rings. The second-order valence-corrected chi connectivity index (χ2v) is 10.8. The molecule has 0 bridgehead atoms. The normalized spacial score (nSPS) is 15.0. The summed E-state index contributed by atoms with van der Waals surface area (Å²) in [7, 11) is -4.01. The van der Waals surface area contributed by atoms with E-state index in [9.17, 15) is 17.6 Å². The van der Waals surface area contributed by atoms with Crippen LogP contribution in [0.3, 0.4) is 0 Å². The maximum Gasteiger partial charge on any atom is 0.271 e. The van der Waals surface area contributed by atoms with Crippen molar-refractivity contribution in [2.24, 2.45) is 0 Å². The highest BCUT2D eigenvalue weighted by atomic mass is 32.2. The lowest BCUT2D eigenvalue weighted by atomic mass is 10.2. The van der Waals surface area contributed by atoms with Crippen molar-refractivity contribution in [2.45, 2.75) is 56.3 Å². The van der Waals surface area contributed by atoms with Gasteiger partial charge < -0.3 is 9.88 Å².